The zero-order valence-electron chi connectivity index (χ0n) is 26.7. The minimum Gasteiger partial charge on any atom is -0.309 e. The summed E-state index contributed by atoms with van der Waals surface area (Å²) in [6.45, 7) is 0. The maximum absolute atomic E-state index is 10.8. The molecule has 0 saturated carbocycles. The van der Waals surface area contributed by atoms with Gasteiger partial charge in [-0.1, -0.05) is 84.9 Å². The van der Waals surface area contributed by atoms with Crippen molar-refractivity contribution in [3.05, 3.63) is 168 Å². The number of nitriles is 3. The Hall–Kier alpha value is -7.39. The molecule has 230 valence electrons. The first kappa shape index (κ1) is 28.8. The number of hydrogen-bond acceptors (Lipinski definition) is 3. The Morgan fingerprint density at radius 2 is 0.940 bits per heavy atom. The van der Waals surface area contributed by atoms with Crippen molar-refractivity contribution in [2.45, 2.75) is 0 Å². The van der Waals surface area contributed by atoms with E-state index < -0.39 is 0 Å². The second-order valence-electron chi connectivity index (χ2n) is 12.3. The summed E-state index contributed by atoms with van der Waals surface area (Å²) in [6, 6.07) is 57.7. The average molecular weight is 636 g/mol. The Labute approximate surface area is 287 Å². The highest BCUT2D eigenvalue weighted by Gasteiger charge is 2.20. The van der Waals surface area contributed by atoms with Crippen molar-refractivity contribution in [3.8, 4) is 51.8 Å². The predicted octanol–water partition coefficient (Wildman–Crippen LogP) is 10.8. The quantitative estimate of drug-likeness (QED) is 0.193. The number of fused-ring (bicyclic) bond motifs is 6. The molecule has 5 nitrogen and oxygen atoms in total. The summed E-state index contributed by atoms with van der Waals surface area (Å²) >= 11 is 0. The van der Waals surface area contributed by atoms with Gasteiger partial charge in [-0.3, -0.25) is 0 Å². The van der Waals surface area contributed by atoms with Crippen LogP contribution in [0.4, 0.5) is 0 Å². The minimum atomic E-state index is 0.520. The Bertz CT molecular complexity index is 2920. The van der Waals surface area contributed by atoms with Crippen molar-refractivity contribution in [2.75, 3.05) is 0 Å². The van der Waals surface area contributed by atoms with E-state index in [9.17, 15) is 15.8 Å². The predicted molar refractivity (Wildman–Crippen MR) is 200 cm³/mol. The average Bonchev–Trinajstić information content (AvgIpc) is 3.70. The van der Waals surface area contributed by atoms with E-state index in [1.165, 1.54) is 0 Å². The molecule has 0 radical (unpaired) electrons. The first-order chi connectivity index (χ1) is 24.7. The van der Waals surface area contributed by atoms with E-state index >= 15 is 0 Å². The molecule has 9 aromatic rings. The minimum absolute atomic E-state index is 0.520. The van der Waals surface area contributed by atoms with Crippen molar-refractivity contribution < 1.29 is 0 Å². The highest BCUT2D eigenvalue weighted by Crippen LogP contribution is 2.40. The molecule has 0 fully saturated rings. The number of aromatic nitrogens is 2. The maximum Gasteiger partial charge on any atom is 0.100 e. The van der Waals surface area contributed by atoms with Crippen molar-refractivity contribution in [2.24, 2.45) is 0 Å². The van der Waals surface area contributed by atoms with Gasteiger partial charge in [0.05, 0.1) is 56.6 Å². The van der Waals surface area contributed by atoms with Gasteiger partial charge < -0.3 is 9.13 Å². The summed E-state index contributed by atoms with van der Waals surface area (Å²) in [5.74, 6) is 0. The van der Waals surface area contributed by atoms with Gasteiger partial charge in [0.2, 0.25) is 0 Å². The summed E-state index contributed by atoms with van der Waals surface area (Å²) in [5, 5.41) is 34.8. The summed E-state index contributed by atoms with van der Waals surface area (Å²) in [7, 11) is 0. The summed E-state index contributed by atoms with van der Waals surface area (Å²) in [6.07, 6.45) is 0. The number of benzene rings is 7. The van der Waals surface area contributed by atoms with E-state index in [4.69, 9.17) is 0 Å². The van der Waals surface area contributed by atoms with Crippen LogP contribution in [0, 0.1) is 34.0 Å². The van der Waals surface area contributed by atoms with Crippen LogP contribution in [0.15, 0.2) is 152 Å². The van der Waals surface area contributed by atoms with Crippen LogP contribution in [0.2, 0.25) is 0 Å². The van der Waals surface area contributed by atoms with E-state index in [0.29, 0.717) is 16.7 Å². The van der Waals surface area contributed by atoms with E-state index in [0.717, 1.165) is 77.2 Å². The third-order valence-electron chi connectivity index (χ3n) is 9.63. The number of para-hydroxylation sites is 3. The molecule has 0 bridgehead atoms. The monoisotopic (exact) mass is 635 g/mol. The number of rotatable bonds is 4. The van der Waals surface area contributed by atoms with Gasteiger partial charge in [0.15, 0.2) is 0 Å². The van der Waals surface area contributed by atoms with E-state index in [1.807, 2.05) is 103 Å². The summed E-state index contributed by atoms with van der Waals surface area (Å²) in [4.78, 5) is 0. The summed E-state index contributed by atoms with van der Waals surface area (Å²) in [5.41, 5.74) is 10.9. The van der Waals surface area contributed by atoms with E-state index in [2.05, 4.69) is 75.9 Å². The molecule has 0 aliphatic carbocycles. The molecule has 2 heterocycles. The van der Waals surface area contributed by atoms with Gasteiger partial charge >= 0.3 is 0 Å². The molecule has 5 heteroatoms. The van der Waals surface area contributed by atoms with Gasteiger partial charge in [-0.05, 0) is 72.3 Å². The van der Waals surface area contributed by atoms with E-state index in [1.54, 1.807) is 0 Å². The molecule has 0 amide bonds. The fourth-order valence-corrected chi connectivity index (χ4v) is 7.47. The molecule has 50 heavy (non-hydrogen) atoms. The molecule has 0 atom stereocenters. The van der Waals surface area contributed by atoms with Crippen LogP contribution < -0.4 is 0 Å². The van der Waals surface area contributed by atoms with Gasteiger partial charge in [-0.25, -0.2) is 0 Å². The second kappa shape index (κ2) is 11.4. The lowest BCUT2D eigenvalue weighted by Gasteiger charge is -2.17. The zero-order chi connectivity index (χ0) is 33.8. The van der Waals surface area contributed by atoms with Crippen molar-refractivity contribution in [3.63, 3.8) is 0 Å². The van der Waals surface area contributed by atoms with Crippen molar-refractivity contribution >= 4 is 43.6 Å². The Kier molecular flexibility index (Phi) is 6.56. The Balaban J connectivity index is 1.27. The summed E-state index contributed by atoms with van der Waals surface area (Å²) < 4.78 is 4.44. The Morgan fingerprint density at radius 1 is 0.380 bits per heavy atom. The lowest BCUT2D eigenvalue weighted by Crippen LogP contribution is -2.00. The van der Waals surface area contributed by atoms with Gasteiger partial charge in [0.1, 0.15) is 6.07 Å². The lowest BCUT2D eigenvalue weighted by molar-refractivity contribution is 1.18. The maximum atomic E-state index is 10.8. The van der Waals surface area contributed by atoms with Gasteiger partial charge in [0.25, 0.3) is 0 Å². The number of nitrogens with zero attached hydrogens (tertiary/aromatic N) is 5. The number of hydrogen-bond donors (Lipinski definition) is 0. The molecular weight excluding hydrogens is 611 g/mol. The molecule has 0 spiro atoms. The lowest BCUT2D eigenvalue weighted by atomic mass is 9.90. The van der Waals surface area contributed by atoms with Crippen LogP contribution in [0.3, 0.4) is 0 Å². The van der Waals surface area contributed by atoms with Gasteiger partial charge in [0, 0.05) is 43.9 Å². The molecule has 0 aliphatic heterocycles. The third kappa shape index (κ3) is 4.31. The van der Waals surface area contributed by atoms with Crippen LogP contribution in [-0.4, -0.2) is 9.13 Å². The van der Waals surface area contributed by atoms with Crippen molar-refractivity contribution in [1.29, 1.82) is 15.8 Å². The first-order valence-corrected chi connectivity index (χ1v) is 16.3. The normalized spacial score (nSPS) is 11.1. The van der Waals surface area contributed by atoms with Gasteiger partial charge in [-0.2, -0.15) is 15.8 Å². The SMILES string of the molecule is N#Cc1ccc(-n2c3ccccc3c3ccccc32)c(-c2cccc(-c3cccc(-n4c5ccccc5c5cc(C#N)ccc54)c3)c2C#N)c1. The molecule has 0 aliphatic rings. The van der Waals surface area contributed by atoms with Crippen LogP contribution >= 0.6 is 0 Å². The molecule has 7 aromatic carbocycles. The molecule has 2 aromatic heterocycles. The Morgan fingerprint density at radius 3 is 1.62 bits per heavy atom. The first-order valence-electron chi connectivity index (χ1n) is 16.3. The van der Waals surface area contributed by atoms with Crippen LogP contribution in [0.5, 0.6) is 0 Å². The van der Waals surface area contributed by atoms with Gasteiger partial charge in [-0.15, -0.1) is 0 Å². The molecular formula is C45H25N5. The highest BCUT2D eigenvalue weighted by atomic mass is 15.0. The smallest absolute Gasteiger partial charge is 0.100 e. The van der Waals surface area contributed by atoms with Crippen LogP contribution in [-0.2, 0) is 0 Å². The standard InChI is InChI=1S/C45H25N5/c46-26-29-20-22-45(50-42-17-5-1-11-35(42)36-12-2-6-18-43(36)50)38(23-29)34-15-8-14-33(40(34)28-48)31-9-7-10-32(25-31)49-41-16-4-3-13-37(41)39-24-30(27-47)19-21-44(39)49/h1-25H. The van der Waals surface area contributed by atoms with Crippen molar-refractivity contribution in [1.82, 2.24) is 9.13 Å². The fourth-order valence-electron chi connectivity index (χ4n) is 7.47. The van der Waals surface area contributed by atoms with Crippen LogP contribution in [0.1, 0.15) is 16.7 Å². The zero-order valence-corrected chi connectivity index (χ0v) is 26.7. The molecule has 0 unspecified atom stereocenters. The second-order valence-corrected chi connectivity index (χ2v) is 12.3. The fraction of sp³-hybridized carbons (Fsp3) is 0. The third-order valence-corrected chi connectivity index (χ3v) is 9.63. The highest BCUT2D eigenvalue weighted by molar-refractivity contribution is 6.11. The molecule has 0 saturated heterocycles. The topological polar surface area (TPSA) is 81.2 Å². The molecule has 0 N–H and O–H groups in total. The molecule has 9 rings (SSSR count). The van der Waals surface area contributed by atoms with Crippen LogP contribution in [0.25, 0.3) is 77.2 Å². The van der Waals surface area contributed by atoms with E-state index in [-0.39, 0.29) is 0 Å². The largest absolute Gasteiger partial charge is 0.309 e.